The van der Waals surface area contributed by atoms with Gasteiger partial charge in [0, 0.05) is 18.9 Å². The summed E-state index contributed by atoms with van der Waals surface area (Å²) in [4.78, 5) is 27.5. The molecule has 1 N–H and O–H groups in total. The van der Waals surface area contributed by atoms with Crippen LogP contribution in [0.1, 0.15) is 39.7 Å². The van der Waals surface area contributed by atoms with Gasteiger partial charge in [-0.1, -0.05) is 12.1 Å². The number of hydrogen-bond acceptors (Lipinski definition) is 6. The van der Waals surface area contributed by atoms with Crippen LogP contribution in [0, 0.1) is 0 Å². The van der Waals surface area contributed by atoms with Crippen LogP contribution in [0.15, 0.2) is 29.2 Å². The Morgan fingerprint density at radius 1 is 1.04 bits per heavy atom. The van der Waals surface area contributed by atoms with Crippen molar-refractivity contribution in [2.45, 2.75) is 46.3 Å². The number of imide groups is 1. The smallest absolute Gasteiger partial charge is 0.267 e. The Morgan fingerprint density at radius 3 is 2.29 bits per heavy atom. The van der Waals surface area contributed by atoms with Gasteiger partial charge in [0.25, 0.3) is 11.8 Å². The summed E-state index contributed by atoms with van der Waals surface area (Å²) >= 11 is 1.22. The quantitative estimate of drug-likeness (QED) is 0.449. The monoisotopic (exact) mass is 407 g/mol. The van der Waals surface area contributed by atoms with Crippen LogP contribution >= 0.6 is 11.8 Å². The van der Waals surface area contributed by atoms with Gasteiger partial charge >= 0.3 is 0 Å². The van der Waals surface area contributed by atoms with E-state index < -0.39 is 0 Å². The third-order valence-electron chi connectivity index (χ3n) is 3.96. The molecule has 7 heteroatoms. The van der Waals surface area contributed by atoms with Crippen molar-refractivity contribution in [2.24, 2.45) is 0 Å². The largest absolute Gasteiger partial charge is 0.491 e. The molecule has 6 nitrogen and oxygen atoms in total. The number of aliphatic hydroxyl groups excluding tert-OH is 1. The summed E-state index contributed by atoms with van der Waals surface area (Å²) < 4.78 is 11.2. The van der Waals surface area contributed by atoms with Gasteiger partial charge in [0.05, 0.1) is 29.3 Å². The summed E-state index contributed by atoms with van der Waals surface area (Å²) in [6, 6.07) is 7.19. The number of carbonyl (C=O) groups excluding carboxylic acids is 2. The molecule has 1 aromatic carbocycles. The summed E-state index contributed by atoms with van der Waals surface area (Å²) in [6.45, 7) is 8.52. The average molecular weight is 408 g/mol. The van der Waals surface area contributed by atoms with Gasteiger partial charge in [-0.15, -0.1) is 11.8 Å². The standard InChI is InChI=1S/C21H29NO5S/c1-14(2)26-12-5-10-22-20(24)18(19(21(22)25)28-13-11-23)16-6-8-17(9-7-16)27-15(3)4/h6-9,14-15,23H,5,10-13H2,1-4H3. The molecule has 0 saturated carbocycles. The second-order valence-electron chi connectivity index (χ2n) is 7.00. The number of rotatable bonds is 11. The zero-order chi connectivity index (χ0) is 20.7. The van der Waals surface area contributed by atoms with E-state index in [1.54, 1.807) is 24.3 Å². The van der Waals surface area contributed by atoms with E-state index in [1.165, 1.54) is 16.7 Å². The lowest BCUT2D eigenvalue weighted by atomic mass is 10.1. The SMILES string of the molecule is CC(C)OCCCN1C(=O)C(SCCO)=C(c2ccc(OC(C)C)cc2)C1=O. The molecule has 0 unspecified atom stereocenters. The molecule has 2 amide bonds. The zero-order valence-electron chi connectivity index (χ0n) is 16.9. The molecular weight excluding hydrogens is 378 g/mol. The zero-order valence-corrected chi connectivity index (χ0v) is 17.8. The van der Waals surface area contributed by atoms with Crippen molar-refractivity contribution in [2.75, 3.05) is 25.5 Å². The Kier molecular flexibility index (Phi) is 8.54. The number of nitrogens with zero attached hydrogens (tertiary/aromatic N) is 1. The lowest BCUT2D eigenvalue weighted by molar-refractivity contribution is -0.136. The maximum atomic E-state index is 13.0. The van der Waals surface area contributed by atoms with Gasteiger partial charge in [0.1, 0.15) is 5.75 Å². The molecule has 2 rings (SSSR count). The molecule has 0 aliphatic carbocycles. The maximum Gasteiger partial charge on any atom is 0.267 e. The first kappa shape index (κ1) is 22.5. The Morgan fingerprint density at radius 2 is 1.71 bits per heavy atom. The number of hydrogen-bond donors (Lipinski definition) is 1. The molecule has 28 heavy (non-hydrogen) atoms. The Labute approximate surface area is 170 Å². The Balaban J connectivity index is 2.20. The maximum absolute atomic E-state index is 13.0. The lowest BCUT2D eigenvalue weighted by Crippen LogP contribution is -2.33. The van der Waals surface area contributed by atoms with Crippen LogP contribution in [-0.2, 0) is 14.3 Å². The first-order valence-electron chi connectivity index (χ1n) is 9.58. The fraction of sp³-hybridized carbons (Fsp3) is 0.524. The van der Waals surface area contributed by atoms with Crippen LogP contribution in [0.4, 0.5) is 0 Å². The summed E-state index contributed by atoms with van der Waals surface area (Å²) in [7, 11) is 0. The second-order valence-corrected chi connectivity index (χ2v) is 8.11. The van der Waals surface area contributed by atoms with Crippen molar-refractivity contribution >= 4 is 29.1 Å². The minimum Gasteiger partial charge on any atom is -0.491 e. The van der Waals surface area contributed by atoms with Crippen LogP contribution < -0.4 is 4.74 Å². The minimum absolute atomic E-state index is 0.0546. The number of ether oxygens (including phenoxy) is 2. The average Bonchev–Trinajstić information content (AvgIpc) is 2.87. The summed E-state index contributed by atoms with van der Waals surface area (Å²) in [5.74, 6) is 0.470. The van der Waals surface area contributed by atoms with E-state index in [1.807, 2.05) is 27.7 Å². The van der Waals surface area contributed by atoms with Crippen LogP contribution in [0.5, 0.6) is 5.75 Å². The van der Waals surface area contributed by atoms with E-state index in [2.05, 4.69) is 0 Å². The summed E-state index contributed by atoms with van der Waals surface area (Å²) in [6.07, 6.45) is 0.752. The van der Waals surface area contributed by atoms with Gasteiger partial charge in [-0.25, -0.2) is 0 Å². The highest BCUT2D eigenvalue weighted by Crippen LogP contribution is 2.36. The molecule has 0 fully saturated rings. The number of carbonyl (C=O) groups is 2. The topological polar surface area (TPSA) is 76.1 Å². The summed E-state index contributed by atoms with van der Waals surface area (Å²) in [5, 5.41) is 9.16. The van der Waals surface area contributed by atoms with Gasteiger partial charge in [0.2, 0.25) is 0 Å². The molecule has 0 bridgehead atoms. The number of amides is 2. The third kappa shape index (κ3) is 5.83. The van der Waals surface area contributed by atoms with Crippen molar-refractivity contribution in [3.8, 4) is 5.75 Å². The van der Waals surface area contributed by atoms with Crippen molar-refractivity contribution in [1.29, 1.82) is 0 Å². The van der Waals surface area contributed by atoms with Crippen LogP contribution in [0.3, 0.4) is 0 Å². The lowest BCUT2D eigenvalue weighted by Gasteiger charge is -2.16. The molecule has 0 aromatic heterocycles. The highest BCUT2D eigenvalue weighted by atomic mass is 32.2. The Hall–Kier alpha value is -1.83. The molecule has 1 aliphatic heterocycles. The van der Waals surface area contributed by atoms with E-state index in [0.717, 1.165) is 0 Å². The van der Waals surface area contributed by atoms with Crippen LogP contribution in [0.25, 0.3) is 5.57 Å². The molecular formula is C21H29NO5S. The first-order chi connectivity index (χ1) is 13.3. The fourth-order valence-electron chi connectivity index (χ4n) is 2.81. The van der Waals surface area contributed by atoms with Crippen molar-refractivity contribution in [3.05, 3.63) is 34.7 Å². The van der Waals surface area contributed by atoms with Crippen molar-refractivity contribution < 1.29 is 24.2 Å². The van der Waals surface area contributed by atoms with E-state index in [0.29, 0.717) is 47.1 Å². The summed E-state index contributed by atoms with van der Waals surface area (Å²) in [5.41, 5.74) is 1.07. The molecule has 0 atom stereocenters. The first-order valence-corrected chi connectivity index (χ1v) is 10.6. The van der Waals surface area contributed by atoms with Crippen LogP contribution in [0.2, 0.25) is 0 Å². The number of aliphatic hydroxyl groups is 1. The highest BCUT2D eigenvalue weighted by molar-refractivity contribution is 8.04. The van der Waals surface area contributed by atoms with Gasteiger partial charge in [-0.3, -0.25) is 14.5 Å². The predicted octanol–water partition coefficient (Wildman–Crippen LogP) is 3.09. The van der Waals surface area contributed by atoms with E-state index in [-0.39, 0.29) is 30.6 Å². The van der Waals surface area contributed by atoms with Crippen molar-refractivity contribution in [1.82, 2.24) is 4.90 Å². The highest BCUT2D eigenvalue weighted by Gasteiger charge is 2.38. The third-order valence-corrected chi connectivity index (χ3v) is 5.01. The normalized spacial score (nSPS) is 14.8. The van der Waals surface area contributed by atoms with Gasteiger partial charge in [-0.2, -0.15) is 0 Å². The number of thioether (sulfide) groups is 1. The predicted molar refractivity (Wildman–Crippen MR) is 111 cm³/mol. The van der Waals surface area contributed by atoms with Crippen LogP contribution in [-0.4, -0.2) is 59.5 Å². The van der Waals surface area contributed by atoms with E-state index >= 15 is 0 Å². The van der Waals surface area contributed by atoms with Gasteiger partial charge in [0.15, 0.2) is 0 Å². The van der Waals surface area contributed by atoms with Gasteiger partial charge < -0.3 is 14.6 Å². The molecule has 154 valence electrons. The van der Waals surface area contributed by atoms with Crippen molar-refractivity contribution in [3.63, 3.8) is 0 Å². The Bertz CT molecular complexity index is 712. The molecule has 1 aliphatic rings. The second kappa shape index (κ2) is 10.6. The molecule has 0 radical (unpaired) electrons. The molecule has 1 heterocycles. The van der Waals surface area contributed by atoms with E-state index in [9.17, 15) is 9.59 Å². The molecule has 1 aromatic rings. The van der Waals surface area contributed by atoms with E-state index in [4.69, 9.17) is 14.6 Å². The molecule has 0 saturated heterocycles. The van der Waals surface area contributed by atoms with Gasteiger partial charge in [-0.05, 0) is 51.8 Å². The molecule has 0 spiro atoms. The minimum atomic E-state index is -0.300. The fourth-order valence-corrected chi connectivity index (χ4v) is 3.69. The number of benzene rings is 1.